The summed E-state index contributed by atoms with van der Waals surface area (Å²) in [5, 5.41) is 16.4. The molecule has 7 nitrogen and oxygen atoms in total. The van der Waals surface area contributed by atoms with Crippen LogP contribution >= 0.6 is 0 Å². The Morgan fingerprint density at radius 3 is 2.77 bits per heavy atom. The number of phenolic OH excluding ortho intramolecular Hbond substituents is 1. The highest BCUT2D eigenvalue weighted by Crippen LogP contribution is 2.23. The smallest absolute Gasteiger partial charge is 0.190 e. The van der Waals surface area contributed by atoms with E-state index >= 15 is 0 Å². The van der Waals surface area contributed by atoms with E-state index in [1.54, 1.807) is 26.5 Å². The molecule has 0 aliphatic heterocycles. The summed E-state index contributed by atoms with van der Waals surface area (Å²) in [6.07, 6.45) is 3.19. The number of hydrogen-bond acceptors (Lipinski definition) is 5. The number of aromatic hydroxyl groups is 1. The number of rotatable bonds is 10. The Kier molecular flexibility index (Phi) is 8.35. The van der Waals surface area contributed by atoms with Gasteiger partial charge in [0.2, 0.25) is 0 Å². The lowest BCUT2D eigenvalue weighted by Crippen LogP contribution is -2.39. The van der Waals surface area contributed by atoms with Crippen LogP contribution in [0.5, 0.6) is 11.5 Å². The minimum Gasteiger partial charge on any atom is -0.508 e. The molecule has 0 unspecified atom stereocenters. The normalized spacial score (nSPS) is 11.4. The second-order valence-electron chi connectivity index (χ2n) is 5.66. The Labute approximate surface area is 154 Å². The maximum Gasteiger partial charge on any atom is 0.190 e. The summed E-state index contributed by atoms with van der Waals surface area (Å²) in [7, 11) is 3.31. The molecule has 3 N–H and O–H groups in total. The SMILES string of the molecule is CN=C(NCCCOCc1ccco1)NCCc1ccc(OC)cc1O. The van der Waals surface area contributed by atoms with Crippen molar-refractivity contribution in [2.45, 2.75) is 19.4 Å². The molecule has 26 heavy (non-hydrogen) atoms. The summed E-state index contributed by atoms with van der Waals surface area (Å²) in [6, 6.07) is 9.06. The largest absolute Gasteiger partial charge is 0.508 e. The number of methoxy groups -OCH3 is 1. The quantitative estimate of drug-likeness (QED) is 0.342. The highest BCUT2D eigenvalue weighted by Gasteiger charge is 2.04. The molecule has 0 spiro atoms. The number of guanidine groups is 1. The van der Waals surface area contributed by atoms with Gasteiger partial charge in [0.05, 0.1) is 13.4 Å². The van der Waals surface area contributed by atoms with E-state index in [9.17, 15) is 5.11 Å². The van der Waals surface area contributed by atoms with Crippen LogP contribution in [0.4, 0.5) is 0 Å². The van der Waals surface area contributed by atoms with E-state index in [2.05, 4.69) is 15.6 Å². The van der Waals surface area contributed by atoms with Gasteiger partial charge in [0.15, 0.2) is 5.96 Å². The molecule has 0 atom stereocenters. The molecule has 0 fully saturated rings. The van der Waals surface area contributed by atoms with Crippen LogP contribution < -0.4 is 15.4 Å². The summed E-state index contributed by atoms with van der Waals surface area (Å²) in [6.45, 7) is 2.55. The first-order chi connectivity index (χ1) is 12.7. The van der Waals surface area contributed by atoms with Crippen molar-refractivity contribution in [2.75, 3.05) is 33.9 Å². The number of aliphatic imine (C=N–C) groups is 1. The van der Waals surface area contributed by atoms with Crippen LogP contribution in [-0.2, 0) is 17.8 Å². The van der Waals surface area contributed by atoms with Gasteiger partial charge in [0.1, 0.15) is 23.9 Å². The second kappa shape index (κ2) is 11.0. The molecule has 7 heteroatoms. The Morgan fingerprint density at radius 2 is 2.08 bits per heavy atom. The number of nitrogens with one attached hydrogen (secondary N) is 2. The molecule has 0 aliphatic rings. The van der Waals surface area contributed by atoms with Crippen molar-refractivity contribution < 1.29 is 19.0 Å². The van der Waals surface area contributed by atoms with E-state index < -0.39 is 0 Å². The van der Waals surface area contributed by atoms with Gasteiger partial charge in [-0.25, -0.2) is 0 Å². The fraction of sp³-hybridized carbons (Fsp3) is 0.421. The summed E-state index contributed by atoms with van der Waals surface area (Å²) >= 11 is 0. The van der Waals surface area contributed by atoms with Gasteiger partial charge in [-0.05, 0) is 36.6 Å². The van der Waals surface area contributed by atoms with Crippen LogP contribution in [-0.4, -0.2) is 44.9 Å². The summed E-state index contributed by atoms with van der Waals surface area (Å²) < 4.78 is 15.8. The number of furan rings is 1. The molecular weight excluding hydrogens is 334 g/mol. The lowest BCUT2D eigenvalue weighted by Gasteiger charge is -2.12. The molecule has 2 aromatic rings. The first-order valence-corrected chi connectivity index (χ1v) is 8.63. The van der Waals surface area contributed by atoms with Gasteiger partial charge in [0.25, 0.3) is 0 Å². The second-order valence-corrected chi connectivity index (χ2v) is 5.66. The Balaban J connectivity index is 1.59. The van der Waals surface area contributed by atoms with Gasteiger partial charge in [-0.2, -0.15) is 0 Å². The number of ether oxygens (including phenoxy) is 2. The lowest BCUT2D eigenvalue weighted by molar-refractivity contribution is 0.105. The predicted octanol–water partition coefficient (Wildman–Crippen LogP) is 2.31. The first kappa shape index (κ1) is 19.7. The minimum absolute atomic E-state index is 0.239. The topological polar surface area (TPSA) is 88.3 Å². The monoisotopic (exact) mass is 361 g/mol. The van der Waals surface area contributed by atoms with Crippen molar-refractivity contribution >= 4 is 5.96 Å². The zero-order valence-corrected chi connectivity index (χ0v) is 15.3. The van der Waals surface area contributed by atoms with Crippen LogP contribution in [0.15, 0.2) is 46.0 Å². The number of phenols is 1. The van der Waals surface area contributed by atoms with Gasteiger partial charge in [0, 0.05) is 32.8 Å². The standard InChI is InChI=1S/C19H27N3O4/c1-20-19(21-9-4-11-25-14-17-5-3-12-26-17)22-10-8-15-6-7-16(24-2)13-18(15)23/h3,5-7,12-13,23H,4,8-11,14H2,1-2H3,(H2,20,21,22). The van der Waals surface area contributed by atoms with Crippen molar-refractivity contribution in [1.82, 2.24) is 10.6 Å². The molecule has 0 aliphatic carbocycles. The van der Waals surface area contributed by atoms with Crippen LogP contribution in [0.3, 0.4) is 0 Å². The van der Waals surface area contributed by atoms with E-state index in [1.807, 2.05) is 24.3 Å². The molecular formula is C19H27N3O4. The third-order valence-corrected chi connectivity index (χ3v) is 3.79. The maximum absolute atomic E-state index is 9.96. The zero-order valence-electron chi connectivity index (χ0n) is 15.3. The zero-order chi connectivity index (χ0) is 18.6. The van der Waals surface area contributed by atoms with Gasteiger partial charge in [-0.1, -0.05) is 6.07 Å². The Hall–Kier alpha value is -2.67. The lowest BCUT2D eigenvalue weighted by atomic mass is 10.1. The Morgan fingerprint density at radius 1 is 1.23 bits per heavy atom. The molecule has 142 valence electrons. The first-order valence-electron chi connectivity index (χ1n) is 8.63. The fourth-order valence-electron chi connectivity index (χ4n) is 2.37. The highest BCUT2D eigenvalue weighted by atomic mass is 16.5. The summed E-state index contributed by atoms with van der Waals surface area (Å²) in [5.41, 5.74) is 0.861. The molecule has 0 saturated carbocycles. The average molecular weight is 361 g/mol. The van der Waals surface area contributed by atoms with Gasteiger partial charge in [-0.15, -0.1) is 0 Å². The van der Waals surface area contributed by atoms with E-state index in [1.165, 1.54) is 0 Å². The minimum atomic E-state index is 0.239. The van der Waals surface area contributed by atoms with Crippen LogP contribution in [0, 0.1) is 0 Å². The number of benzene rings is 1. The molecule has 0 saturated heterocycles. The number of nitrogens with zero attached hydrogens (tertiary/aromatic N) is 1. The van der Waals surface area contributed by atoms with E-state index in [-0.39, 0.29) is 5.75 Å². The van der Waals surface area contributed by atoms with Crippen LogP contribution in [0.1, 0.15) is 17.7 Å². The van der Waals surface area contributed by atoms with Gasteiger partial charge < -0.3 is 29.6 Å². The van der Waals surface area contributed by atoms with E-state index in [4.69, 9.17) is 13.9 Å². The van der Waals surface area contributed by atoms with Crippen LogP contribution in [0.25, 0.3) is 0 Å². The van der Waals surface area contributed by atoms with Crippen molar-refractivity contribution in [3.63, 3.8) is 0 Å². The molecule has 0 amide bonds. The third kappa shape index (κ3) is 6.68. The maximum atomic E-state index is 9.96. The van der Waals surface area contributed by atoms with Gasteiger partial charge >= 0.3 is 0 Å². The Bertz CT molecular complexity index is 671. The molecule has 1 heterocycles. The average Bonchev–Trinajstić information content (AvgIpc) is 3.17. The van der Waals surface area contributed by atoms with Crippen molar-refractivity contribution in [3.8, 4) is 11.5 Å². The molecule has 0 bridgehead atoms. The number of hydrogen-bond donors (Lipinski definition) is 3. The molecule has 1 aromatic heterocycles. The van der Waals surface area contributed by atoms with Crippen LogP contribution in [0.2, 0.25) is 0 Å². The van der Waals surface area contributed by atoms with E-state index in [0.717, 1.165) is 30.2 Å². The summed E-state index contributed by atoms with van der Waals surface area (Å²) in [5.74, 6) is 2.44. The molecule has 2 rings (SSSR count). The summed E-state index contributed by atoms with van der Waals surface area (Å²) in [4.78, 5) is 4.18. The molecule has 1 aromatic carbocycles. The van der Waals surface area contributed by atoms with Crippen molar-refractivity contribution in [2.24, 2.45) is 4.99 Å². The predicted molar refractivity (Wildman–Crippen MR) is 101 cm³/mol. The molecule has 0 radical (unpaired) electrons. The fourth-order valence-corrected chi connectivity index (χ4v) is 2.37. The highest BCUT2D eigenvalue weighted by molar-refractivity contribution is 5.79. The van der Waals surface area contributed by atoms with Crippen molar-refractivity contribution in [1.29, 1.82) is 0 Å². The van der Waals surface area contributed by atoms with Gasteiger partial charge in [-0.3, -0.25) is 4.99 Å². The van der Waals surface area contributed by atoms with Crippen molar-refractivity contribution in [3.05, 3.63) is 47.9 Å². The third-order valence-electron chi connectivity index (χ3n) is 3.79. The van der Waals surface area contributed by atoms with E-state index in [0.29, 0.717) is 31.9 Å².